The number of benzene rings is 1. The highest BCUT2D eigenvalue weighted by Gasteiger charge is 2.30. The Labute approximate surface area is 130 Å². The van der Waals surface area contributed by atoms with E-state index in [0.29, 0.717) is 13.1 Å². The molecule has 0 spiro atoms. The van der Waals surface area contributed by atoms with Crippen LogP contribution in [0, 0.1) is 0 Å². The number of halogens is 4. The first-order chi connectivity index (χ1) is 9.83. The number of alkyl halides is 4. The fourth-order valence-corrected chi connectivity index (χ4v) is 2.13. The molecule has 0 saturated carbocycles. The number of Topliss-reactive ketones (excluding diaryl/α,β-unsaturated/α-hetero) is 1. The molecule has 0 atom stereocenters. The van der Waals surface area contributed by atoms with Crippen LogP contribution in [0.1, 0.15) is 25.0 Å². The third-order valence-corrected chi connectivity index (χ3v) is 3.56. The number of ketones is 1. The van der Waals surface area contributed by atoms with Crippen molar-refractivity contribution >= 4 is 27.3 Å². The zero-order chi connectivity index (χ0) is 16.0. The van der Waals surface area contributed by atoms with Gasteiger partial charge in [0, 0.05) is 24.9 Å². The van der Waals surface area contributed by atoms with Gasteiger partial charge in [0.2, 0.25) is 0 Å². The van der Waals surface area contributed by atoms with E-state index in [9.17, 15) is 18.0 Å². The van der Waals surface area contributed by atoms with Crippen molar-refractivity contribution in [3.05, 3.63) is 41.6 Å². The maximum absolute atomic E-state index is 12.8. The van der Waals surface area contributed by atoms with Crippen LogP contribution in [0.5, 0.6) is 0 Å². The highest BCUT2D eigenvalue weighted by molar-refractivity contribution is 9.09. The normalized spacial score (nSPS) is 12.4. The van der Waals surface area contributed by atoms with Crippen LogP contribution in [0.15, 0.2) is 30.5 Å². The van der Waals surface area contributed by atoms with Crippen LogP contribution in [0.4, 0.5) is 13.2 Å². The van der Waals surface area contributed by atoms with E-state index in [1.165, 1.54) is 12.1 Å². The lowest BCUT2D eigenvalue weighted by molar-refractivity contribution is -0.137. The Morgan fingerprint density at radius 2 is 1.90 bits per heavy atom. The summed E-state index contributed by atoms with van der Waals surface area (Å²) in [5.74, 6) is -0.249. The Kier molecular flexibility index (Phi) is 6.45. The molecule has 116 valence electrons. The van der Waals surface area contributed by atoms with Gasteiger partial charge in [0.05, 0.1) is 10.9 Å². The topological polar surface area (TPSA) is 20.3 Å². The lowest BCUT2D eigenvalue weighted by atomic mass is 10.0. The molecular formula is C15H17BrF3NO. The first-order valence-electron chi connectivity index (χ1n) is 6.56. The van der Waals surface area contributed by atoms with Gasteiger partial charge in [-0.05, 0) is 31.5 Å². The van der Waals surface area contributed by atoms with E-state index in [0.717, 1.165) is 12.1 Å². The Morgan fingerprint density at radius 1 is 1.29 bits per heavy atom. The number of nitrogens with zero attached hydrogens (tertiary/aromatic N) is 1. The number of carbonyl (C=O) groups excluding carboxylic acids is 1. The predicted molar refractivity (Wildman–Crippen MR) is 81.1 cm³/mol. The van der Waals surface area contributed by atoms with Gasteiger partial charge < -0.3 is 4.90 Å². The van der Waals surface area contributed by atoms with Crippen LogP contribution in [0.2, 0.25) is 0 Å². The molecule has 2 nitrogen and oxygen atoms in total. The molecular weight excluding hydrogens is 347 g/mol. The Balaban J connectivity index is 3.31. The van der Waals surface area contributed by atoms with Gasteiger partial charge in [-0.25, -0.2) is 0 Å². The van der Waals surface area contributed by atoms with Crippen LogP contribution >= 0.6 is 15.9 Å². The van der Waals surface area contributed by atoms with Gasteiger partial charge in [-0.1, -0.05) is 28.1 Å². The van der Waals surface area contributed by atoms with E-state index in [4.69, 9.17) is 0 Å². The molecule has 0 radical (unpaired) electrons. The second-order valence-electron chi connectivity index (χ2n) is 4.40. The third-order valence-electron chi connectivity index (χ3n) is 3.05. The lowest BCUT2D eigenvalue weighted by Crippen LogP contribution is -2.18. The maximum Gasteiger partial charge on any atom is 0.416 e. The summed E-state index contributed by atoms with van der Waals surface area (Å²) in [4.78, 5) is 13.9. The van der Waals surface area contributed by atoms with Crippen LogP contribution < -0.4 is 0 Å². The molecule has 0 N–H and O–H groups in total. The SMILES string of the molecule is CCN(C=C(C(=O)CBr)c1cccc(C(F)(F)F)c1)CC. The van der Waals surface area contributed by atoms with Crippen molar-refractivity contribution in [2.45, 2.75) is 20.0 Å². The number of hydrogen-bond donors (Lipinski definition) is 0. The summed E-state index contributed by atoms with van der Waals surface area (Å²) in [7, 11) is 0. The first-order valence-corrected chi connectivity index (χ1v) is 7.68. The van der Waals surface area contributed by atoms with Crippen LogP contribution in [-0.2, 0) is 11.0 Å². The average Bonchev–Trinajstić information content (AvgIpc) is 2.47. The van der Waals surface area contributed by atoms with Crippen molar-refractivity contribution in [3.63, 3.8) is 0 Å². The van der Waals surface area contributed by atoms with Crippen molar-refractivity contribution in [2.75, 3.05) is 18.4 Å². The minimum Gasteiger partial charge on any atom is -0.377 e. The number of hydrogen-bond acceptors (Lipinski definition) is 2. The fraction of sp³-hybridized carbons (Fsp3) is 0.400. The van der Waals surface area contributed by atoms with E-state index >= 15 is 0 Å². The Bertz CT molecular complexity index is 522. The molecule has 0 aliphatic heterocycles. The quantitative estimate of drug-likeness (QED) is 0.553. The van der Waals surface area contributed by atoms with Gasteiger partial charge in [0.15, 0.2) is 5.78 Å². The van der Waals surface area contributed by atoms with Crippen LogP contribution in [-0.4, -0.2) is 29.1 Å². The van der Waals surface area contributed by atoms with Gasteiger partial charge in [0.1, 0.15) is 0 Å². The Morgan fingerprint density at radius 3 is 2.38 bits per heavy atom. The van der Waals surface area contributed by atoms with E-state index in [1.54, 1.807) is 6.20 Å². The minimum atomic E-state index is -4.42. The summed E-state index contributed by atoms with van der Waals surface area (Å²) in [6.07, 6.45) is -2.80. The maximum atomic E-state index is 12.8. The van der Waals surface area contributed by atoms with E-state index in [2.05, 4.69) is 15.9 Å². The van der Waals surface area contributed by atoms with Gasteiger partial charge in [-0.2, -0.15) is 13.2 Å². The molecule has 1 aromatic rings. The third kappa shape index (κ3) is 4.88. The summed E-state index contributed by atoms with van der Waals surface area (Å²) in [6.45, 7) is 5.19. The largest absolute Gasteiger partial charge is 0.416 e. The summed E-state index contributed by atoms with van der Waals surface area (Å²) in [5.41, 5.74) is -0.198. The Hall–Kier alpha value is -1.30. The molecule has 6 heteroatoms. The smallest absolute Gasteiger partial charge is 0.377 e. The van der Waals surface area contributed by atoms with Gasteiger partial charge in [-0.15, -0.1) is 0 Å². The van der Waals surface area contributed by atoms with Crippen molar-refractivity contribution in [2.24, 2.45) is 0 Å². The molecule has 21 heavy (non-hydrogen) atoms. The van der Waals surface area contributed by atoms with Gasteiger partial charge in [0.25, 0.3) is 0 Å². The minimum absolute atomic E-state index is 0.0658. The molecule has 0 heterocycles. The number of rotatable bonds is 6. The van der Waals surface area contributed by atoms with Crippen molar-refractivity contribution in [1.82, 2.24) is 4.90 Å². The first kappa shape index (κ1) is 17.8. The molecule has 1 aromatic carbocycles. The average molecular weight is 364 g/mol. The van der Waals surface area contributed by atoms with Crippen LogP contribution in [0.3, 0.4) is 0 Å². The standard InChI is InChI=1S/C15H17BrF3NO/c1-3-20(4-2)10-13(14(21)9-16)11-6-5-7-12(8-11)15(17,18)19/h5-8,10H,3-4,9H2,1-2H3. The highest BCUT2D eigenvalue weighted by atomic mass is 79.9. The lowest BCUT2D eigenvalue weighted by Gasteiger charge is -2.18. The molecule has 0 fully saturated rings. The summed E-state index contributed by atoms with van der Waals surface area (Å²) in [5, 5.41) is 0.0658. The molecule has 0 saturated heterocycles. The highest BCUT2D eigenvalue weighted by Crippen LogP contribution is 2.31. The van der Waals surface area contributed by atoms with Gasteiger partial charge in [-0.3, -0.25) is 4.79 Å². The second kappa shape index (κ2) is 7.64. The molecule has 0 bridgehead atoms. The van der Waals surface area contributed by atoms with E-state index < -0.39 is 11.7 Å². The molecule has 0 aliphatic carbocycles. The molecule has 0 aliphatic rings. The zero-order valence-electron chi connectivity index (χ0n) is 11.9. The van der Waals surface area contributed by atoms with E-state index in [1.807, 2.05) is 18.7 Å². The second-order valence-corrected chi connectivity index (χ2v) is 4.96. The zero-order valence-corrected chi connectivity index (χ0v) is 13.5. The summed E-state index contributed by atoms with van der Waals surface area (Å²) < 4.78 is 38.4. The van der Waals surface area contributed by atoms with Crippen molar-refractivity contribution in [1.29, 1.82) is 0 Å². The van der Waals surface area contributed by atoms with Crippen molar-refractivity contribution in [3.8, 4) is 0 Å². The molecule has 0 amide bonds. The fourth-order valence-electron chi connectivity index (χ4n) is 1.83. The van der Waals surface area contributed by atoms with E-state index in [-0.39, 0.29) is 22.2 Å². The number of carbonyl (C=O) groups is 1. The summed E-state index contributed by atoms with van der Waals surface area (Å²) >= 11 is 3.07. The van der Waals surface area contributed by atoms with Crippen LogP contribution in [0.25, 0.3) is 5.57 Å². The summed E-state index contributed by atoms with van der Waals surface area (Å²) in [6, 6.07) is 4.84. The monoisotopic (exact) mass is 363 g/mol. The predicted octanol–water partition coefficient (Wildman–Crippen LogP) is 4.35. The number of allylic oxidation sites excluding steroid dienone is 1. The molecule has 0 unspecified atom stereocenters. The van der Waals surface area contributed by atoms with Crippen molar-refractivity contribution < 1.29 is 18.0 Å². The molecule has 0 aromatic heterocycles. The molecule has 1 rings (SSSR count). The van der Waals surface area contributed by atoms with Gasteiger partial charge >= 0.3 is 6.18 Å².